The second-order valence-electron chi connectivity index (χ2n) is 4.83. The third-order valence-corrected chi connectivity index (χ3v) is 3.10. The summed E-state index contributed by atoms with van der Waals surface area (Å²) in [7, 11) is 0. The van der Waals surface area contributed by atoms with E-state index in [2.05, 4.69) is 9.97 Å². The van der Waals surface area contributed by atoms with Gasteiger partial charge in [0.2, 0.25) is 0 Å². The van der Waals surface area contributed by atoms with Gasteiger partial charge in [-0.15, -0.1) is 0 Å². The zero-order valence-electron chi connectivity index (χ0n) is 11.8. The Morgan fingerprint density at radius 1 is 1.09 bits per heavy atom. The maximum atomic E-state index is 11.6. The van der Waals surface area contributed by atoms with Gasteiger partial charge in [0.25, 0.3) is 6.01 Å². The fraction of sp³-hybridized carbons (Fsp3) is 0.125. The highest BCUT2D eigenvalue weighted by molar-refractivity contribution is 5.77. The van der Waals surface area contributed by atoms with E-state index in [9.17, 15) is 9.90 Å². The van der Waals surface area contributed by atoms with E-state index in [1.807, 2.05) is 24.3 Å². The molecular formula is C16H14N2O4. The average molecular weight is 298 g/mol. The minimum absolute atomic E-state index is 0.0852. The first-order valence-electron chi connectivity index (χ1n) is 6.68. The molecule has 2 N–H and O–H groups in total. The van der Waals surface area contributed by atoms with Crippen molar-refractivity contribution in [2.75, 3.05) is 0 Å². The van der Waals surface area contributed by atoms with Crippen LogP contribution in [-0.2, 0) is 4.79 Å². The van der Waals surface area contributed by atoms with Gasteiger partial charge in [0.05, 0.1) is 11.0 Å². The fourth-order valence-electron chi connectivity index (χ4n) is 1.98. The summed E-state index contributed by atoms with van der Waals surface area (Å²) in [6, 6.07) is 16.0. The van der Waals surface area contributed by atoms with E-state index < -0.39 is 11.8 Å². The number of rotatable bonds is 5. The molecule has 1 atom stereocenters. The van der Waals surface area contributed by atoms with Gasteiger partial charge in [-0.1, -0.05) is 30.3 Å². The predicted molar refractivity (Wildman–Crippen MR) is 79.8 cm³/mol. The molecule has 0 bridgehead atoms. The first kappa shape index (κ1) is 13.9. The molecule has 0 aliphatic heterocycles. The van der Waals surface area contributed by atoms with Crippen molar-refractivity contribution in [2.45, 2.75) is 12.7 Å². The maximum absolute atomic E-state index is 11.6. The number of imidazole rings is 1. The van der Waals surface area contributed by atoms with Crippen molar-refractivity contribution in [3.63, 3.8) is 0 Å². The number of hydrogen-bond acceptors (Lipinski definition) is 4. The molecule has 1 heterocycles. The number of nitrogens with zero attached hydrogens (tertiary/aromatic N) is 1. The Labute approximate surface area is 126 Å². The number of aliphatic carboxylic acids is 1. The lowest BCUT2D eigenvalue weighted by Gasteiger charge is -2.25. The smallest absolute Gasteiger partial charge is 0.390 e. The van der Waals surface area contributed by atoms with E-state index in [-0.39, 0.29) is 6.01 Å². The van der Waals surface area contributed by atoms with Crippen molar-refractivity contribution in [1.29, 1.82) is 0 Å². The molecule has 0 spiro atoms. The summed E-state index contributed by atoms with van der Waals surface area (Å²) in [5.74, 6) is -2.75. The normalized spacial score (nSPS) is 13.5. The van der Waals surface area contributed by atoms with Gasteiger partial charge < -0.3 is 19.6 Å². The van der Waals surface area contributed by atoms with Crippen LogP contribution in [0, 0.1) is 0 Å². The highest BCUT2D eigenvalue weighted by atomic mass is 16.7. The lowest BCUT2D eigenvalue weighted by atomic mass is 10.3. The van der Waals surface area contributed by atoms with Gasteiger partial charge in [0.1, 0.15) is 5.75 Å². The Balaban J connectivity index is 1.89. The highest BCUT2D eigenvalue weighted by Gasteiger charge is 2.39. The topological polar surface area (TPSA) is 84.4 Å². The van der Waals surface area contributed by atoms with Gasteiger partial charge in [-0.3, -0.25) is 0 Å². The lowest BCUT2D eigenvalue weighted by molar-refractivity contribution is -0.182. The van der Waals surface area contributed by atoms with Crippen LogP contribution < -0.4 is 9.47 Å². The summed E-state index contributed by atoms with van der Waals surface area (Å²) >= 11 is 0. The van der Waals surface area contributed by atoms with Gasteiger partial charge in [0, 0.05) is 6.92 Å². The molecule has 1 unspecified atom stereocenters. The standard InChI is InChI=1S/C16H14N2O4/c1-16(14(19)20,21-11-7-3-2-4-8-11)22-15-17-12-9-5-6-10-13(12)18-15/h2-10H,1H3,(H,17,18)(H,19,20). The first-order chi connectivity index (χ1) is 10.6. The molecule has 112 valence electrons. The molecule has 3 rings (SSSR count). The van der Waals surface area contributed by atoms with Crippen molar-refractivity contribution >= 4 is 17.0 Å². The third-order valence-electron chi connectivity index (χ3n) is 3.10. The van der Waals surface area contributed by atoms with Gasteiger partial charge in [-0.25, -0.2) is 4.79 Å². The van der Waals surface area contributed by atoms with Crippen molar-refractivity contribution in [2.24, 2.45) is 0 Å². The predicted octanol–water partition coefficient (Wildman–Crippen LogP) is 2.82. The molecule has 0 aliphatic carbocycles. The molecule has 0 radical (unpaired) electrons. The van der Waals surface area contributed by atoms with Crippen LogP contribution in [0.2, 0.25) is 0 Å². The Morgan fingerprint density at radius 2 is 1.77 bits per heavy atom. The Hall–Kier alpha value is -3.02. The molecule has 1 aromatic heterocycles. The van der Waals surface area contributed by atoms with Crippen LogP contribution in [-0.4, -0.2) is 26.8 Å². The summed E-state index contributed by atoms with van der Waals surface area (Å²) in [6.07, 6.45) is 0. The van der Waals surface area contributed by atoms with E-state index in [4.69, 9.17) is 9.47 Å². The number of aromatic amines is 1. The Kier molecular flexibility index (Phi) is 3.42. The number of fused-ring (bicyclic) bond motifs is 1. The average Bonchev–Trinajstić information content (AvgIpc) is 2.89. The molecule has 0 saturated carbocycles. The number of para-hydroxylation sites is 3. The van der Waals surface area contributed by atoms with Gasteiger partial charge in [-0.05, 0) is 24.3 Å². The van der Waals surface area contributed by atoms with Crippen LogP contribution in [0.25, 0.3) is 11.0 Å². The molecule has 0 aliphatic rings. The molecule has 6 nitrogen and oxygen atoms in total. The highest BCUT2D eigenvalue weighted by Crippen LogP contribution is 2.23. The summed E-state index contributed by atoms with van der Waals surface area (Å²) in [6.45, 7) is 1.33. The number of hydrogen-bond donors (Lipinski definition) is 2. The van der Waals surface area contributed by atoms with Gasteiger partial charge in [0.15, 0.2) is 0 Å². The van der Waals surface area contributed by atoms with Gasteiger partial charge >= 0.3 is 11.8 Å². The van der Waals surface area contributed by atoms with Crippen molar-refractivity contribution in [3.05, 3.63) is 54.6 Å². The second-order valence-corrected chi connectivity index (χ2v) is 4.83. The van der Waals surface area contributed by atoms with Gasteiger partial charge in [-0.2, -0.15) is 4.98 Å². The number of H-pyrrole nitrogens is 1. The number of ether oxygens (including phenoxy) is 2. The van der Waals surface area contributed by atoms with Crippen LogP contribution in [0.1, 0.15) is 6.92 Å². The van der Waals surface area contributed by atoms with E-state index in [1.165, 1.54) is 6.92 Å². The van der Waals surface area contributed by atoms with Crippen molar-refractivity contribution in [3.8, 4) is 11.8 Å². The molecule has 0 amide bonds. The summed E-state index contributed by atoms with van der Waals surface area (Å²) < 4.78 is 10.9. The molecule has 22 heavy (non-hydrogen) atoms. The number of aromatic nitrogens is 2. The zero-order valence-corrected chi connectivity index (χ0v) is 11.8. The third kappa shape index (κ3) is 2.71. The SMILES string of the molecule is CC(Oc1ccccc1)(Oc1nc2ccccc2[nH]1)C(=O)O. The molecule has 0 fully saturated rings. The number of nitrogens with one attached hydrogen (secondary N) is 1. The molecular weight excluding hydrogens is 284 g/mol. The molecule has 2 aromatic carbocycles. The fourth-order valence-corrected chi connectivity index (χ4v) is 1.98. The zero-order chi connectivity index (χ0) is 15.6. The number of benzene rings is 2. The van der Waals surface area contributed by atoms with Crippen molar-refractivity contribution < 1.29 is 19.4 Å². The largest absolute Gasteiger partial charge is 0.475 e. The van der Waals surface area contributed by atoms with E-state index in [0.717, 1.165) is 5.52 Å². The quantitative estimate of drug-likeness (QED) is 0.707. The van der Waals surface area contributed by atoms with Crippen LogP contribution in [0.3, 0.4) is 0 Å². The summed E-state index contributed by atoms with van der Waals surface area (Å²) in [5.41, 5.74) is 1.44. The second kappa shape index (κ2) is 5.40. The minimum Gasteiger partial charge on any atom is -0.475 e. The molecule has 0 saturated heterocycles. The van der Waals surface area contributed by atoms with E-state index in [0.29, 0.717) is 11.3 Å². The van der Waals surface area contributed by atoms with Crippen LogP contribution in [0.4, 0.5) is 0 Å². The molecule has 3 aromatic rings. The van der Waals surface area contributed by atoms with Crippen LogP contribution in [0.15, 0.2) is 54.6 Å². The number of carboxylic acids is 1. The first-order valence-corrected chi connectivity index (χ1v) is 6.68. The van der Waals surface area contributed by atoms with Crippen LogP contribution >= 0.6 is 0 Å². The molecule has 6 heteroatoms. The van der Waals surface area contributed by atoms with Crippen molar-refractivity contribution in [1.82, 2.24) is 9.97 Å². The van der Waals surface area contributed by atoms with E-state index in [1.54, 1.807) is 30.3 Å². The monoisotopic (exact) mass is 298 g/mol. The Morgan fingerprint density at radius 3 is 2.45 bits per heavy atom. The lowest BCUT2D eigenvalue weighted by Crippen LogP contribution is -2.47. The minimum atomic E-state index is -1.89. The summed E-state index contributed by atoms with van der Waals surface area (Å²) in [4.78, 5) is 18.7. The number of carboxylic acid groups (broad SMARTS) is 1. The van der Waals surface area contributed by atoms with Crippen LogP contribution in [0.5, 0.6) is 11.8 Å². The summed E-state index contributed by atoms with van der Waals surface area (Å²) in [5, 5.41) is 9.44. The maximum Gasteiger partial charge on any atom is 0.390 e. The Bertz CT molecular complexity index is 767. The number of carbonyl (C=O) groups is 1. The van der Waals surface area contributed by atoms with E-state index >= 15 is 0 Å².